The van der Waals surface area contributed by atoms with Crippen LogP contribution in [0.5, 0.6) is 0 Å². The van der Waals surface area contributed by atoms with Crippen molar-refractivity contribution in [3.63, 3.8) is 0 Å². The lowest BCUT2D eigenvalue weighted by molar-refractivity contribution is -0.137. The summed E-state index contributed by atoms with van der Waals surface area (Å²) in [6.45, 7) is 5.45. The van der Waals surface area contributed by atoms with Crippen LogP contribution in [0.2, 0.25) is 0 Å². The maximum Gasteiger partial charge on any atom is 0.342 e. The predicted octanol–water partition coefficient (Wildman–Crippen LogP) is 2.05. The molecule has 0 aliphatic carbocycles. The van der Waals surface area contributed by atoms with Crippen LogP contribution in [0.4, 0.5) is 0 Å². The number of carbonyl (C=O) groups is 2. The summed E-state index contributed by atoms with van der Waals surface area (Å²) in [7, 11) is 1.28. The average molecular weight is 217 g/mol. The van der Waals surface area contributed by atoms with Crippen molar-refractivity contribution in [2.45, 2.75) is 20.8 Å². The van der Waals surface area contributed by atoms with E-state index in [4.69, 9.17) is 11.6 Å². The lowest BCUT2D eigenvalue weighted by Gasteiger charge is -2.18. The van der Waals surface area contributed by atoms with Gasteiger partial charge < -0.3 is 4.74 Å². The zero-order valence-corrected chi connectivity index (χ0v) is 9.44. The molecule has 0 unspecified atom stereocenters. The minimum absolute atomic E-state index is 0.286. The molecule has 3 nitrogen and oxygen atoms in total. The van der Waals surface area contributed by atoms with Gasteiger partial charge in [0.05, 0.1) is 12.7 Å². The maximum absolute atomic E-state index is 11.3. The molecule has 0 atom stereocenters. The van der Waals surface area contributed by atoms with E-state index in [0.29, 0.717) is 0 Å². The summed E-state index contributed by atoms with van der Waals surface area (Å²) in [5.41, 5.74) is 2.40. The first-order valence-corrected chi connectivity index (χ1v) is 4.41. The number of hydrogen-bond acceptors (Lipinski definition) is 3. The highest BCUT2D eigenvalue weighted by Gasteiger charge is 2.24. The highest BCUT2D eigenvalue weighted by molar-refractivity contribution is 6.66. The van der Waals surface area contributed by atoms with Gasteiger partial charge in [0.1, 0.15) is 0 Å². The molecule has 0 aliphatic rings. The molecule has 0 rings (SSSR count). The van der Waals surface area contributed by atoms with Crippen molar-refractivity contribution >= 4 is 22.8 Å². The van der Waals surface area contributed by atoms with Crippen molar-refractivity contribution < 1.29 is 14.3 Å². The SMILES string of the molecule is COC(=O)C(=C=CC(=O)Cl)C(C)(C)C. The molecule has 0 radical (unpaired) electrons. The van der Waals surface area contributed by atoms with E-state index in [-0.39, 0.29) is 5.57 Å². The summed E-state index contributed by atoms with van der Waals surface area (Å²) >= 11 is 5.10. The molecule has 4 heteroatoms. The standard InChI is InChI=1S/C10H13ClO3/c1-10(2,3)7(9(13)14-4)5-6-8(11)12/h6H,1-4H3. The van der Waals surface area contributed by atoms with Crippen LogP contribution in [0.3, 0.4) is 0 Å². The normalized spacial score (nSPS) is 10.1. The van der Waals surface area contributed by atoms with E-state index in [1.807, 2.05) is 20.8 Å². The molecule has 0 aromatic heterocycles. The van der Waals surface area contributed by atoms with E-state index < -0.39 is 16.6 Å². The molecule has 0 N–H and O–H groups in total. The molecule has 0 spiro atoms. The molecule has 0 amide bonds. The predicted molar refractivity (Wildman–Crippen MR) is 53.9 cm³/mol. The zero-order valence-electron chi connectivity index (χ0n) is 8.68. The highest BCUT2D eigenvalue weighted by atomic mass is 35.5. The lowest BCUT2D eigenvalue weighted by atomic mass is 9.87. The molecular formula is C10H13ClO3. The first-order valence-electron chi connectivity index (χ1n) is 4.04. The second-order valence-corrected chi connectivity index (χ2v) is 4.08. The van der Waals surface area contributed by atoms with Crippen molar-refractivity contribution in [3.8, 4) is 0 Å². The Kier molecular flexibility index (Phi) is 4.61. The van der Waals surface area contributed by atoms with Crippen LogP contribution in [0.1, 0.15) is 20.8 Å². The number of esters is 1. The first-order chi connectivity index (χ1) is 6.29. The first kappa shape index (κ1) is 12.9. The van der Waals surface area contributed by atoms with E-state index in [0.717, 1.165) is 6.08 Å². The Balaban J connectivity index is 5.23. The molecular weight excluding hydrogens is 204 g/mol. The van der Waals surface area contributed by atoms with E-state index in [1.165, 1.54) is 7.11 Å². The van der Waals surface area contributed by atoms with Crippen LogP contribution >= 0.6 is 11.6 Å². The smallest absolute Gasteiger partial charge is 0.342 e. The Labute approximate surface area is 88.4 Å². The summed E-state index contributed by atoms with van der Waals surface area (Å²) in [5.74, 6) is -0.508. The Bertz CT molecular complexity index is 304. The van der Waals surface area contributed by atoms with Crippen LogP contribution in [0.15, 0.2) is 17.4 Å². The minimum atomic E-state index is -0.671. The number of halogens is 1. The van der Waals surface area contributed by atoms with Gasteiger partial charge in [-0.1, -0.05) is 20.8 Å². The molecule has 0 saturated heterocycles. The van der Waals surface area contributed by atoms with E-state index in [2.05, 4.69) is 10.5 Å². The van der Waals surface area contributed by atoms with Gasteiger partial charge in [0.15, 0.2) is 0 Å². The number of methoxy groups -OCH3 is 1. The number of carbonyl (C=O) groups excluding carboxylic acids is 2. The molecule has 0 aromatic carbocycles. The molecule has 0 heterocycles. The van der Waals surface area contributed by atoms with E-state index in [1.54, 1.807) is 0 Å². The summed E-state index contributed by atoms with van der Waals surface area (Å²) in [6, 6.07) is 0. The third kappa shape index (κ3) is 4.26. The van der Waals surface area contributed by atoms with Gasteiger partial charge in [0.25, 0.3) is 5.24 Å². The fourth-order valence-corrected chi connectivity index (χ4v) is 0.867. The molecule has 14 heavy (non-hydrogen) atoms. The molecule has 0 aliphatic heterocycles. The number of hydrogen-bond donors (Lipinski definition) is 0. The van der Waals surface area contributed by atoms with Crippen molar-refractivity contribution in [2.75, 3.05) is 7.11 Å². The maximum atomic E-state index is 11.3. The fourth-order valence-electron chi connectivity index (χ4n) is 0.813. The van der Waals surface area contributed by atoms with Gasteiger partial charge in [-0.3, -0.25) is 4.79 Å². The number of rotatable bonds is 2. The molecule has 0 bridgehead atoms. The van der Waals surface area contributed by atoms with Gasteiger partial charge in [-0.05, 0) is 11.6 Å². The summed E-state index contributed by atoms with van der Waals surface area (Å²) in [6.07, 6.45) is 1.01. The van der Waals surface area contributed by atoms with Gasteiger partial charge in [-0.15, -0.1) is 5.73 Å². The third-order valence-corrected chi connectivity index (χ3v) is 1.58. The van der Waals surface area contributed by atoms with Crippen molar-refractivity contribution in [3.05, 3.63) is 17.4 Å². The highest BCUT2D eigenvalue weighted by Crippen LogP contribution is 2.24. The van der Waals surface area contributed by atoms with Crippen LogP contribution in [-0.2, 0) is 14.3 Å². The molecule has 0 fully saturated rings. The van der Waals surface area contributed by atoms with Crippen molar-refractivity contribution in [2.24, 2.45) is 5.41 Å². The minimum Gasteiger partial charge on any atom is -0.465 e. The summed E-state index contributed by atoms with van der Waals surface area (Å²) in [4.78, 5) is 21.7. The van der Waals surface area contributed by atoms with Gasteiger partial charge >= 0.3 is 5.97 Å². The Morgan fingerprint density at radius 1 is 1.36 bits per heavy atom. The average Bonchev–Trinajstić information content (AvgIpc) is 2.01. The van der Waals surface area contributed by atoms with Crippen LogP contribution in [0.25, 0.3) is 0 Å². The van der Waals surface area contributed by atoms with Gasteiger partial charge in [0, 0.05) is 11.5 Å². The van der Waals surface area contributed by atoms with Crippen molar-refractivity contribution in [1.82, 2.24) is 0 Å². The van der Waals surface area contributed by atoms with Crippen molar-refractivity contribution in [1.29, 1.82) is 0 Å². The third-order valence-electron chi connectivity index (χ3n) is 1.47. The Morgan fingerprint density at radius 2 is 1.86 bits per heavy atom. The summed E-state index contributed by atoms with van der Waals surface area (Å²) in [5, 5.41) is -0.671. The van der Waals surface area contributed by atoms with Gasteiger partial charge in [0.2, 0.25) is 0 Å². The summed E-state index contributed by atoms with van der Waals surface area (Å²) < 4.78 is 4.56. The van der Waals surface area contributed by atoms with Gasteiger partial charge in [-0.25, -0.2) is 4.79 Å². The monoisotopic (exact) mass is 216 g/mol. The molecule has 0 aromatic rings. The van der Waals surface area contributed by atoms with E-state index >= 15 is 0 Å². The van der Waals surface area contributed by atoms with Crippen LogP contribution < -0.4 is 0 Å². The fraction of sp³-hybridized carbons (Fsp3) is 0.500. The second-order valence-electron chi connectivity index (χ2n) is 3.71. The molecule has 78 valence electrons. The Hall–Kier alpha value is -1.05. The Morgan fingerprint density at radius 3 is 2.14 bits per heavy atom. The topological polar surface area (TPSA) is 43.4 Å². The molecule has 0 saturated carbocycles. The largest absolute Gasteiger partial charge is 0.465 e. The van der Waals surface area contributed by atoms with Gasteiger partial charge in [-0.2, -0.15) is 0 Å². The van der Waals surface area contributed by atoms with Crippen LogP contribution in [-0.4, -0.2) is 18.3 Å². The quantitative estimate of drug-likeness (QED) is 0.307. The zero-order chi connectivity index (χ0) is 11.4. The number of ether oxygens (including phenoxy) is 1. The lowest BCUT2D eigenvalue weighted by Crippen LogP contribution is -2.18. The van der Waals surface area contributed by atoms with E-state index in [9.17, 15) is 9.59 Å². The second kappa shape index (κ2) is 4.99. The van der Waals surface area contributed by atoms with Crippen LogP contribution in [0, 0.1) is 5.41 Å².